The van der Waals surface area contributed by atoms with Gasteiger partial charge in [0.25, 0.3) is 5.88 Å². The Morgan fingerprint density at radius 2 is 2.08 bits per heavy atom. The van der Waals surface area contributed by atoms with Crippen molar-refractivity contribution in [1.29, 1.82) is 0 Å². The second-order valence-electron chi connectivity index (χ2n) is 6.75. The molecule has 4 rings (SSSR count). The number of benzene rings is 1. The third-order valence-corrected chi connectivity index (χ3v) is 5.18. The number of rotatable bonds is 5. The maximum absolute atomic E-state index is 13.8. The van der Waals surface area contributed by atoms with E-state index in [0.29, 0.717) is 6.61 Å². The van der Waals surface area contributed by atoms with Crippen LogP contribution in [0.2, 0.25) is 0 Å². The zero-order valence-corrected chi connectivity index (χ0v) is 14.8. The van der Waals surface area contributed by atoms with Crippen molar-refractivity contribution in [1.82, 2.24) is 9.88 Å². The summed E-state index contributed by atoms with van der Waals surface area (Å²) in [7, 11) is 1.67. The van der Waals surface area contributed by atoms with E-state index in [0.717, 1.165) is 31.7 Å². The van der Waals surface area contributed by atoms with Gasteiger partial charge in [0.1, 0.15) is 18.0 Å². The van der Waals surface area contributed by atoms with Crippen LogP contribution in [0, 0.1) is 5.82 Å². The second-order valence-corrected chi connectivity index (χ2v) is 6.75. The molecule has 2 heterocycles. The van der Waals surface area contributed by atoms with Crippen molar-refractivity contribution in [3.05, 3.63) is 54.0 Å². The summed E-state index contributed by atoms with van der Waals surface area (Å²) in [6.07, 6.45) is 3.14. The van der Waals surface area contributed by atoms with Gasteiger partial charge in [-0.1, -0.05) is 12.1 Å². The minimum atomic E-state index is -0.429. The molecule has 1 aliphatic heterocycles. The molecule has 0 N–H and O–H groups in total. The van der Waals surface area contributed by atoms with E-state index in [2.05, 4.69) is 22.0 Å². The Bertz CT molecular complexity index is 740. The quantitative estimate of drug-likeness (QED) is 0.822. The lowest BCUT2D eigenvalue weighted by Crippen LogP contribution is -2.51. The van der Waals surface area contributed by atoms with E-state index in [1.165, 1.54) is 11.6 Å². The number of pyridine rings is 1. The van der Waals surface area contributed by atoms with Crippen LogP contribution in [0.25, 0.3) is 0 Å². The number of methoxy groups -OCH3 is 1. The number of aromatic nitrogens is 1. The van der Waals surface area contributed by atoms with E-state index < -0.39 is 5.82 Å². The van der Waals surface area contributed by atoms with Crippen LogP contribution < -0.4 is 9.47 Å². The van der Waals surface area contributed by atoms with Gasteiger partial charge in [0.15, 0.2) is 5.82 Å². The molecule has 0 spiro atoms. The maximum Gasteiger partial charge on any atom is 0.250 e. The van der Waals surface area contributed by atoms with E-state index in [1.54, 1.807) is 19.4 Å². The fraction of sp³-hybridized carbons (Fsp3) is 0.450. The maximum atomic E-state index is 13.8. The molecule has 2 aromatic rings. The lowest BCUT2D eigenvalue weighted by Gasteiger charge is -2.39. The molecule has 2 aliphatic rings. The number of hydrogen-bond acceptors (Lipinski definition) is 5. The van der Waals surface area contributed by atoms with Crippen LogP contribution in [0.3, 0.4) is 0 Å². The first kappa shape index (κ1) is 17.2. The number of halogens is 1. The van der Waals surface area contributed by atoms with Crippen LogP contribution in [0.4, 0.5) is 4.39 Å². The van der Waals surface area contributed by atoms with Crippen LogP contribution in [-0.2, 0) is 11.3 Å². The predicted octanol–water partition coefficient (Wildman–Crippen LogP) is 3.04. The van der Waals surface area contributed by atoms with Gasteiger partial charge in [0.05, 0.1) is 13.7 Å². The zero-order valence-electron chi connectivity index (χ0n) is 14.8. The van der Waals surface area contributed by atoms with Crippen LogP contribution in [0.1, 0.15) is 18.4 Å². The monoisotopic (exact) mass is 358 g/mol. The number of morpholine rings is 1. The Balaban J connectivity index is 1.43. The molecule has 138 valence electrons. The van der Waals surface area contributed by atoms with Gasteiger partial charge in [-0.05, 0) is 42.7 Å². The predicted molar refractivity (Wildman–Crippen MR) is 94.8 cm³/mol. The van der Waals surface area contributed by atoms with Crippen LogP contribution in [0.5, 0.6) is 11.6 Å². The topological polar surface area (TPSA) is 43.8 Å². The van der Waals surface area contributed by atoms with Gasteiger partial charge in [-0.2, -0.15) is 0 Å². The molecule has 0 amide bonds. The van der Waals surface area contributed by atoms with E-state index in [1.807, 2.05) is 12.1 Å². The van der Waals surface area contributed by atoms with Gasteiger partial charge in [-0.15, -0.1) is 0 Å². The fourth-order valence-electron chi connectivity index (χ4n) is 3.88. The standard InChI is InChI=1S/C20H23FN2O3/c1-24-15-6-4-14(5-7-15)13-23-11-12-25-19-17(23)8-9-18(19)26-20-16(21)3-2-10-22-20/h2-7,10,17-19H,8-9,11-13H2,1H3/t17-,18+,19+/m0/s1. The number of nitrogens with zero attached hydrogens (tertiary/aromatic N) is 2. The van der Waals surface area contributed by atoms with Crippen LogP contribution in [-0.4, -0.2) is 48.4 Å². The summed E-state index contributed by atoms with van der Waals surface area (Å²) in [5, 5.41) is 0. The van der Waals surface area contributed by atoms with Crippen LogP contribution in [0.15, 0.2) is 42.6 Å². The molecule has 1 aromatic heterocycles. The van der Waals surface area contributed by atoms with Gasteiger partial charge in [-0.3, -0.25) is 4.90 Å². The van der Waals surface area contributed by atoms with E-state index in [-0.39, 0.29) is 24.1 Å². The largest absolute Gasteiger partial charge is 0.497 e. The van der Waals surface area contributed by atoms with E-state index in [9.17, 15) is 4.39 Å². The lowest BCUT2D eigenvalue weighted by atomic mass is 10.1. The van der Waals surface area contributed by atoms with Crippen LogP contribution >= 0.6 is 0 Å². The molecule has 2 fully saturated rings. The molecule has 0 unspecified atom stereocenters. The summed E-state index contributed by atoms with van der Waals surface area (Å²) >= 11 is 0. The number of fused-ring (bicyclic) bond motifs is 1. The average molecular weight is 358 g/mol. The molecular formula is C20H23FN2O3. The molecule has 5 nitrogen and oxygen atoms in total. The van der Waals surface area contributed by atoms with Gasteiger partial charge in [0.2, 0.25) is 0 Å². The average Bonchev–Trinajstić information content (AvgIpc) is 3.08. The molecule has 1 saturated heterocycles. The SMILES string of the molecule is COc1ccc(CN2CCO[C@H]3[C@H](Oc4ncccc4F)CC[C@@H]32)cc1. The first-order valence-corrected chi connectivity index (χ1v) is 9.00. The summed E-state index contributed by atoms with van der Waals surface area (Å²) in [5.74, 6) is 0.496. The van der Waals surface area contributed by atoms with Crippen molar-refractivity contribution in [2.45, 2.75) is 37.6 Å². The molecule has 26 heavy (non-hydrogen) atoms. The fourth-order valence-corrected chi connectivity index (χ4v) is 3.88. The Kier molecular flexibility index (Phi) is 5.04. The summed E-state index contributed by atoms with van der Waals surface area (Å²) in [6, 6.07) is 11.4. The summed E-state index contributed by atoms with van der Waals surface area (Å²) < 4.78 is 30.9. The molecule has 1 aromatic carbocycles. The third-order valence-electron chi connectivity index (χ3n) is 5.18. The first-order chi connectivity index (χ1) is 12.7. The first-order valence-electron chi connectivity index (χ1n) is 9.00. The molecular weight excluding hydrogens is 335 g/mol. The van der Waals surface area contributed by atoms with Crippen molar-refractivity contribution < 1.29 is 18.6 Å². The highest BCUT2D eigenvalue weighted by molar-refractivity contribution is 5.27. The molecule has 1 saturated carbocycles. The van der Waals surface area contributed by atoms with E-state index in [4.69, 9.17) is 14.2 Å². The van der Waals surface area contributed by atoms with Crippen molar-refractivity contribution in [3.63, 3.8) is 0 Å². The van der Waals surface area contributed by atoms with Gasteiger partial charge in [0, 0.05) is 25.3 Å². The lowest BCUT2D eigenvalue weighted by molar-refractivity contribution is -0.0927. The van der Waals surface area contributed by atoms with Crippen molar-refractivity contribution in [2.24, 2.45) is 0 Å². The summed E-state index contributed by atoms with van der Waals surface area (Å²) in [6.45, 7) is 2.40. The Morgan fingerprint density at radius 1 is 1.23 bits per heavy atom. The minimum Gasteiger partial charge on any atom is -0.497 e. The molecule has 0 bridgehead atoms. The second kappa shape index (κ2) is 7.60. The van der Waals surface area contributed by atoms with Crippen molar-refractivity contribution in [3.8, 4) is 11.6 Å². The highest BCUT2D eigenvalue weighted by Gasteiger charge is 2.44. The Labute approximate surface area is 152 Å². The van der Waals surface area contributed by atoms with Gasteiger partial charge >= 0.3 is 0 Å². The van der Waals surface area contributed by atoms with Crippen molar-refractivity contribution in [2.75, 3.05) is 20.3 Å². The normalized spacial score (nSPS) is 25.7. The third kappa shape index (κ3) is 3.52. The van der Waals surface area contributed by atoms with Crippen molar-refractivity contribution >= 4 is 0 Å². The van der Waals surface area contributed by atoms with Gasteiger partial charge in [-0.25, -0.2) is 9.37 Å². The highest BCUT2D eigenvalue weighted by Crippen LogP contribution is 2.34. The molecule has 3 atom stereocenters. The van der Waals surface area contributed by atoms with E-state index >= 15 is 0 Å². The summed E-state index contributed by atoms with van der Waals surface area (Å²) in [5.41, 5.74) is 1.24. The smallest absolute Gasteiger partial charge is 0.250 e. The Hall–Kier alpha value is -2.18. The number of hydrogen-bond donors (Lipinski definition) is 0. The highest BCUT2D eigenvalue weighted by atomic mass is 19.1. The Morgan fingerprint density at radius 3 is 2.85 bits per heavy atom. The zero-order chi connectivity index (χ0) is 17.9. The molecule has 6 heteroatoms. The van der Waals surface area contributed by atoms with Gasteiger partial charge < -0.3 is 14.2 Å². The minimum absolute atomic E-state index is 0.0524. The number of ether oxygens (including phenoxy) is 3. The summed E-state index contributed by atoms with van der Waals surface area (Å²) in [4.78, 5) is 6.44. The molecule has 1 aliphatic carbocycles. The molecule has 0 radical (unpaired) electrons.